The summed E-state index contributed by atoms with van der Waals surface area (Å²) in [6, 6.07) is 13.4. The Morgan fingerprint density at radius 3 is 2.59 bits per heavy atom. The second-order valence-corrected chi connectivity index (χ2v) is 9.78. The zero-order valence-corrected chi connectivity index (χ0v) is 20.6. The van der Waals surface area contributed by atoms with Gasteiger partial charge in [-0.3, -0.25) is 4.79 Å². The van der Waals surface area contributed by atoms with Crippen molar-refractivity contribution < 1.29 is 22.4 Å². The number of hydrogen-bond donors (Lipinski definition) is 3. The van der Waals surface area contributed by atoms with Gasteiger partial charge in [-0.05, 0) is 55.3 Å². The van der Waals surface area contributed by atoms with Gasteiger partial charge >= 0.3 is 6.18 Å². The lowest BCUT2D eigenvalue weighted by Gasteiger charge is -2.25. The van der Waals surface area contributed by atoms with E-state index in [1.807, 2.05) is 0 Å². The third-order valence-corrected chi connectivity index (χ3v) is 7.15. The first kappa shape index (κ1) is 24.9. The number of nitrogens with one attached hydrogen (secondary N) is 2. The first-order chi connectivity index (χ1) is 18.7. The maximum atomic E-state index is 14.3. The Kier molecular flexibility index (Phi) is 6.00. The molecule has 6 rings (SSSR count). The molecular formula is C28H24F4N6O. The largest absolute Gasteiger partial charge is 0.435 e. The molecule has 0 spiro atoms. The van der Waals surface area contributed by atoms with Crippen molar-refractivity contribution in [3.63, 3.8) is 0 Å². The van der Waals surface area contributed by atoms with Gasteiger partial charge in [0.05, 0.1) is 27.8 Å². The number of rotatable bonds is 5. The third kappa shape index (κ3) is 4.58. The fourth-order valence-electron chi connectivity index (χ4n) is 5.34. The molecule has 0 saturated heterocycles. The molecule has 0 unspecified atom stereocenters. The normalized spacial score (nSPS) is 14.8. The van der Waals surface area contributed by atoms with E-state index in [0.29, 0.717) is 22.4 Å². The number of nitrogens with zero attached hydrogens (tertiary/aromatic N) is 3. The molecule has 2 heterocycles. The van der Waals surface area contributed by atoms with Gasteiger partial charge in [-0.1, -0.05) is 31.4 Å². The standard InChI is InChI=1S/C28H24F4N6O/c29-15-9-12-20-22(13-15)36-27(35-20)19-7-4-8-23-24(19)25(28(30,31)32)37-38(23)17-10-11-18(26(33)39)21(14-17)34-16-5-2-1-3-6-16/h4,7-14,16,34H,1-3,5-6H2,(H2,33,39)(H,35,36). The van der Waals surface area contributed by atoms with Gasteiger partial charge in [0.1, 0.15) is 11.6 Å². The predicted molar refractivity (Wildman–Crippen MR) is 140 cm³/mol. The van der Waals surface area contributed by atoms with Crippen LogP contribution in [0.5, 0.6) is 0 Å². The summed E-state index contributed by atoms with van der Waals surface area (Å²) in [4.78, 5) is 19.5. The Bertz CT molecular complexity index is 1710. The topological polar surface area (TPSA) is 102 Å². The number of H-pyrrole nitrogens is 1. The van der Waals surface area contributed by atoms with E-state index in [4.69, 9.17) is 5.73 Å². The van der Waals surface area contributed by atoms with Crippen LogP contribution in [-0.2, 0) is 6.18 Å². The molecule has 1 amide bonds. The van der Waals surface area contributed by atoms with E-state index < -0.39 is 23.6 Å². The average Bonchev–Trinajstić information content (AvgIpc) is 3.50. The van der Waals surface area contributed by atoms with E-state index in [1.165, 1.54) is 41.1 Å². The number of primary amides is 1. The summed E-state index contributed by atoms with van der Waals surface area (Å²) in [5.41, 5.74) is 6.73. The molecule has 11 heteroatoms. The minimum atomic E-state index is -4.77. The number of hydrogen-bond acceptors (Lipinski definition) is 4. The predicted octanol–water partition coefficient (Wildman–Crippen LogP) is 6.57. The molecule has 200 valence electrons. The molecule has 0 atom stereocenters. The van der Waals surface area contributed by atoms with Crippen LogP contribution in [0.1, 0.15) is 48.2 Å². The van der Waals surface area contributed by atoms with Gasteiger partial charge in [-0.15, -0.1) is 0 Å². The molecule has 7 nitrogen and oxygen atoms in total. The van der Waals surface area contributed by atoms with E-state index >= 15 is 0 Å². The van der Waals surface area contributed by atoms with Gasteiger partial charge in [0.2, 0.25) is 0 Å². The maximum Gasteiger partial charge on any atom is 0.435 e. The van der Waals surface area contributed by atoms with Gasteiger partial charge in [0.25, 0.3) is 5.91 Å². The molecular weight excluding hydrogens is 512 g/mol. The van der Waals surface area contributed by atoms with E-state index in [2.05, 4.69) is 20.4 Å². The Morgan fingerprint density at radius 1 is 1.05 bits per heavy atom. The number of aromatic amines is 1. The number of nitrogens with two attached hydrogens (primary N) is 1. The average molecular weight is 537 g/mol. The number of carbonyl (C=O) groups is 1. The van der Waals surface area contributed by atoms with Crippen LogP contribution in [0.4, 0.5) is 23.2 Å². The summed E-state index contributed by atoms with van der Waals surface area (Å²) in [6.07, 6.45) is 0.335. The molecule has 1 fully saturated rings. The smallest absolute Gasteiger partial charge is 0.382 e. The first-order valence-electron chi connectivity index (χ1n) is 12.6. The number of imidazole rings is 1. The van der Waals surface area contributed by atoms with Crippen LogP contribution >= 0.6 is 0 Å². The highest BCUT2D eigenvalue weighted by molar-refractivity contribution is 6.00. The van der Waals surface area contributed by atoms with Crippen LogP contribution in [0.15, 0.2) is 54.6 Å². The third-order valence-electron chi connectivity index (χ3n) is 7.15. The number of benzene rings is 3. The summed E-state index contributed by atoms with van der Waals surface area (Å²) in [6.45, 7) is 0. The fourth-order valence-corrected chi connectivity index (χ4v) is 5.34. The number of amides is 1. The highest BCUT2D eigenvalue weighted by Crippen LogP contribution is 2.40. The van der Waals surface area contributed by atoms with Crippen molar-refractivity contribution >= 4 is 33.5 Å². The van der Waals surface area contributed by atoms with Gasteiger partial charge in [0.15, 0.2) is 5.69 Å². The van der Waals surface area contributed by atoms with Gasteiger partial charge in [-0.25, -0.2) is 14.1 Å². The van der Waals surface area contributed by atoms with Crippen LogP contribution < -0.4 is 11.1 Å². The van der Waals surface area contributed by atoms with Crippen molar-refractivity contribution in [2.45, 2.75) is 44.3 Å². The lowest BCUT2D eigenvalue weighted by molar-refractivity contribution is -0.140. The first-order valence-corrected chi connectivity index (χ1v) is 12.6. The Hall–Kier alpha value is -4.41. The lowest BCUT2D eigenvalue weighted by Crippen LogP contribution is -2.24. The minimum Gasteiger partial charge on any atom is -0.382 e. The SMILES string of the molecule is NC(=O)c1ccc(-n2nc(C(F)(F)F)c3c(-c4nc5ccc(F)cc5[nH]4)cccc32)cc1NC1CCCCC1. The van der Waals surface area contributed by atoms with Crippen molar-refractivity contribution in [1.82, 2.24) is 19.7 Å². The van der Waals surface area contributed by atoms with Crippen LogP contribution in [0.3, 0.4) is 0 Å². The van der Waals surface area contributed by atoms with Crippen LogP contribution in [0.2, 0.25) is 0 Å². The summed E-state index contributed by atoms with van der Waals surface area (Å²) in [5.74, 6) is -0.962. The summed E-state index contributed by atoms with van der Waals surface area (Å²) < 4.78 is 57.9. The summed E-state index contributed by atoms with van der Waals surface area (Å²) in [5, 5.41) is 7.22. The Morgan fingerprint density at radius 2 is 1.85 bits per heavy atom. The Labute approximate surface area is 220 Å². The van der Waals surface area contributed by atoms with Crippen molar-refractivity contribution in [2.75, 3.05) is 5.32 Å². The van der Waals surface area contributed by atoms with Crippen LogP contribution in [-0.4, -0.2) is 31.7 Å². The quantitative estimate of drug-likeness (QED) is 0.221. The molecule has 0 radical (unpaired) electrons. The summed E-state index contributed by atoms with van der Waals surface area (Å²) in [7, 11) is 0. The molecule has 3 aromatic carbocycles. The molecule has 1 aliphatic carbocycles. The number of alkyl halides is 3. The minimum absolute atomic E-state index is 0.136. The van der Waals surface area contributed by atoms with E-state index in [-0.39, 0.29) is 33.9 Å². The van der Waals surface area contributed by atoms with Gasteiger partial charge < -0.3 is 16.0 Å². The summed E-state index contributed by atoms with van der Waals surface area (Å²) >= 11 is 0. The van der Waals surface area contributed by atoms with Gasteiger partial charge in [-0.2, -0.15) is 18.3 Å². The number of carbonyl (C=O) groups excluding carboxylic acids is 1. The molecule has 39 heavy (non-hydrogen) atoms. The van der Waals surface area contributed by atoms with Crippen molar-refractivity contribution in [3.05, 3.63) is 71.7 Å². The number of aromatic nitrogens is 4. The van der Waals surface area contributed by atoms with Crippen molar-refractivity contribution in [3.8, 4) is 17.1 Å². The monoisotopic (exact) mass is 536 g/mol. The maximum absolute atomic E-state index is 14.3. The zero-order valence-electron chi connectivity index (χ0n) is 20.6. The molecule has 1 aliphatic rings. The van der Waals surface area contributed by atoms with E-state index in [0.717, 1.165) is 32.1 Å². The fraction of sp³-hybridized carbons (Fsp3) is 0.250. The lowest BCUT2D eigenvalue weighted by atomic mass is 9.95. The number of halogens is 4. The molecule has 1 saturated carbocycles. The second-order valence-electron chi connectivity index (χ2n) is 9.78. The van der Waals surface area contributed by atoms with Crippen LogP contribution in [0.25, 0.3) is 39.0 Å². The molecule has 2 aromatic heterocycles. The van der Waals surface area contributed by atoms with Crippen molar-refractivity contribution in [1.29, 1.82) is 0 Å². The molecule has 0 aliphatic heterocycles. The second kappa shape index (κ2) is 9.40. The van der Waals surface area contributed by atoms with E-state index in [9.17, 15) is 22.4 Å². The molecule has 5 aromatic rings. The van der Waals surface area contributed by atoms with Gasteiger partial charge in [0, 0.05) is 22.7 Å². The highest BCUT2D eigenvalue weighted by atomic mass is 19.4. The van der Waals surface area contributed by atoms with Crippen molar-refractivity contribution in [2.24, 2.45) is 5.73 Å². The van der Waals surface area contributed by atoms with Crippen LogP contribution in [0, 0.1) is 5.82 Å². The number of anilines is 1. The molecule has 0 bridgehead atoms. The molecule has 4 N–H and O–H groups in total. The Balaban J connectivity index is 1.53. The highest BCUT2D eigenvalue weighted by Gasteiger charge is 2.38. The number of fused-ring (bicyclic) bond motifs is 2. The van der Waals surface area contributed by atoms with E-state index in [1.54, 1.807) is 18.2 Å². The zero-order chi connectivity index (χ0) is 27.3.